The van der Waals surface area contributed by atoms with Crippen molar-refractivity contribution in [2.24, 2.45) is 0 Å². The van der Waals surface area contributed by atoms with Crippen LogP contribution in [0, 0.1) is 0 Å². The minimum atomic E-state index is -0.396. The minimum absolute atomic E-state index is 0. The largest absolute Gasteiger partial charge is 0.288 e. The maximum absolute atomic E-state index is 11.5. The van der Waals surface area contributed by atoms with Crippen molar-refractivity contribution in [1.29, 1.82) is 0 Å². The van der Waals surface area contributed by atoms with Gasteiger partial charge in [-0.2, -0.15) is 0 Å². The molecule has 0 fully saturated rings. The molecule has 0 saturated carbocycles. The summed E-state index contributed by atoms with van der Waals surface area (Å²) in [5.41, 5.74) is 0.624. The van der Waals surface area contributed by atoms with E-state index in [0.717, 1.165) is 0 Å². The number of hydrogen-bond acceptors (Lipinski definition) is 2. The number of halogens is 2. The molecule has 0 unspecified atom stereocenters. The van der Waals surface area contributed by atoms with E-state index in [0.29, 0.717) is 11.1 Å². The van der Waals surface area contributed by atoms with Crippen molar-refractivity contribution in [3.05, 3.63) is 45.5 Å². The standard InChI is InChI=1S/C10H4Cl2O2.Ca/c11-7-8(12)10(14)6-4-2-1-3-5(6)9(7)13;/h1-4H;. The normalized spacial score (nSPS) is 14.8. The Morgan fingerprint density at radius 2 is 1.13 bits per heavy atom. The zero-order valence-electron chi connectivity index (χ0n) is 7.59. The number of benzene rings is 1. The third-order valence-corrected chi connectivity index (χ3v) is 2.83. The van der Waals surface area contributed by atoms with Crippen LogP contribution in [0.4, 0.5) is 0 Å². The fourth-order valence-electron chi connectivity index (χ4n) is 1.31. The molecule has 0 N–H and O–H groups in total. The van der Waals surface area contributed by atoms with Gasteiger partial charge in [0.1, 0.15) is 10.1 Å². The predicted molar refractivity (Wildman–Crippen MR) is 59.6 cm³/mol. The molecular formula is C10H4CaCl2O2. The van der Waals surface area contributed by atoms with Gasteiger partial charge in [-0.1, -0.05) is 47.5 Å². The number of ketones is 2. The van der Waals surface area contributed by atoms with Crippen molar-refractivity contribution in [1.82, 2.24) is 0 Å². The first-order valence-corrected chi connectivity index (χ1v) is 4.62. The molecule has 1 aromatic rings. The summed E-state index contributed by atoms with van der Waals surface area (Å²) in [4.78, 5) is 23.1. The van der Waals surface area contributed by atoms with E-state index in [1.165, 1.54) is 0 Å². The Morgan fingerprint density at radius 1 is 0.800 bits per heavy atom. The van der Waals surface area contributed by atoms with Gasteiger partial charge < -0.3 is 0 Å². The van der Waals surface area contributed by atoms with E-state index in [1.807, 2.05) is 0 Å². The predicted octanol–water partition coefficient (Wildman–Crippen LogP) is 2.37. The van der Waals surface area contributed by atoms with Gasteiger partial charge >= 0.3 is 0 Å². The number of Topliss-reactive ketones (excluding diaryl/α,β-unsaturated/α-hetero) is 2. The third-order valence-electron chi connectivity index (χ3n) is 2.01. The molecule has 2 rings (SSSR count). The maximum atomic E-state index is 11.5. The Balaban J connectivity index is 0.00000112. The number of carbonyl (C=O) groups excluding carboxylic acids is 2. The SMILES string of the molecule is O=C1C(Cl)=C(Cl)C(=O)c2ccccc21.[Ca]. The molecule has 0 saturated heterocycles. The van der Waals surface area contributed by atoms with E-state index >= 15 is 0 Å². The zero-order chi connectivity index (χ0) is 10.3. The Labute approximate surface area is 126 Å². The van der Waals surface area contributed by atoms with Crippen LogP contribution in [0.3, 0.4) is 0 Å². The van der Waals surface area contributed by atoms with Gasteiger partial charge in [0.15, 0.2) is 0 Å². The fourth-order valence-corrected chi connectivity index (χ4v) is 1.69. The second-order valence-electron chi connectivity index (χ2n) is 2.83. The van der Waals surface area contributed by atoms with E-state index in [4.69, 9.17) is 23.2 Å². The summed E-state index contributed by atoms with van der Waals surface area (Å²) >= 11 is 11.2. The molecule has 0 heterocycles. The molecule has 1 aliphatic carbocycles. The summed E-state index contributed by atoms with van der Waals surface area (Å²) in [6.45, 7) is 0. The molecule has 72 valence electrons. The van der Waals surface area contributed by atoms with Gasteiger partial charge in [0, 0.05) is 48.9 Å². The van der Waals surface area contributed by atoms with Gasteiger partial charge in [-0.3, -0.25) is 9.59 Å². The summed E-state index contributed by atoms with van der Waals surface area (Å²) < 4.78 is 0. The minimum Gasteiger partial charge on any atom is -0.288 e. The van der Waals surface area contributed by atoms with Crippen molar-refractivity contribution >= 4 is 72.5 Å². The van der Waals surface area contributed by atoms with Crippen molar-refractivity contribution < 1.29 is 9.59 Å². The summed E-state index contributed by atoms with van der Waals surface area (Å²) in [6, 6.07) is 6.46. The van der Waals surface area contributed by atoms with Crippen LogP contribution in [0.1, 0.15) is 20.7 Å². The van der Waals surface area contributed by atoms with Gasteiger partial charge in [0.25, 0.3) is 0 Å². The van der Waals surface area contributed by atoms with E-state index < -0.39 is 11.6 Å². The molecule has 1 aliphatic rings. The van der Waals surface area contributed by atoms with Crippen molar-refractivity contribution in [3.63, 3.8) is 0 Å². The number of rotatable bonds is 0. The topological polar surface area (TPSA) is 34.1 Å². The molecule has 5 heteroatoms. The molecular weight excluding hydrogens is 263 g/mol. The molecule has 0 atom stereocenters. The maximum Gasteiger partial charge on any atom is 0.206 e. The van der Waals surface area contributed by atoms with Gasteiger partial charge in [0.05, 0.1) is 0 Å². The van der Waals surface area contributed by atoms with E-state index in [2.05, 4.69) is 0 Å². The van der Waals surface area contributed by atoms with E-state index in [1.54, 1.807) is 24.3 Å². The van der Waals surface area contributed by atoms with Gasteiger partial charge in [-0.15, -0.1) is 0 Å². The van der Waals surface area contributed by atoms with Crippen LogP contribution < -0.4 is 0 Å². The van der Waals surface area contributed by atoms with Crippen LogP contribution in [-0.2, 0) is 0 Å². The van der Waals surface area contributed by atoms with Crippen LogP contribution in [-0.4, -0.2) is 49.3 Å². The van der Waals surface area contributed by atoms with Crippen molar-refractivity contribution in [3.8, 4) is 0 Å². The molecule has 0 aliphatic heterocycles. The third kappa shape index (κ3) is 2.15. The second kappa shape index (κ2) is 4.98. The summed E-state index contributed by atoms with van der Waals surface area (Å²) in [5.74, 6) is -0.793. The van der Waals surface area contributed by atoms with Crippen LogP contribution in [0.25, 0.3) is 0 Å². The molecule has 0 amide bonds. The molecule has 2 radical (unpaired) electrons. The Kier molecular flexibility index (Phi) is 4.38. The Morgan fingerprint density at radius 3 is 1.47 bits per heavy atom. The summed E-state index contributed by atoms with van der Waals surface area (Å²) in [5, 5.41) is -0.397. The summed E-state index contributed by atoms with van der Waals surface area (Å²) in [6.07, 6.45) is 0. The summed E-state index contributed by atoms with van der Waals surface area (Å²) in [7, 11) is 0. The van der Waals surface area contributed by atoms with E-state index in [9.17, 15) is 9.59 Å². The fraction of sp³-hybridized carbons (Fsp3) is 0. The Hall–Kier alpha value is 0.140. The second-order valence-corrected chi connectivity index (χ2v) is 3.59. The van der Waals surface area contributed by atoms with Crippen LogP contribution >= 0.6 is 23.2 Å². The zero-order valence-corrected chi connectivity index (χ0v) is 11.3. The van der Waals surface area contributed by atoms with Gasteiger partial charge in [-0.25, -0.2) is 0 Å². The van der Waals surface area contributed by atoms with Gasteiger partial charge in [0.2, 0.25) is 11.6 Å². The molecule has 0 spiro atoms. The smallest absolute Gasteiger partial charge is 0.206 e. The van der Waals surface area contributed by atoms with Crippen molar-refractivity contribution in [2.45, 2.75) is 0 Å². The van der Waals surface area contributed by atoms with Crippen LogP contribution in [0.2, 0.25) is 0 Å². The monoisotopic (exact) mass is 266 g/mol. The number of carbonyl (C=O) groups is 2. The van der Waals surface area contributed by atoms with Crippen LogP contribution in [0.5, 0.6) is 0 Å². The molecule has 0 bridgehead atoms. The van der Waals surface area contributed by atoms with E-state index in [-0.39, 0.29) is 47.8 Å². The molecule has 15 heavy (non-hydrogen) atoms. The average Bonchev–Trinajstić information content (AvgIpc) is 2.23. The first kappa shape index (κ1) is 13.2. The number of hydrogen-bond donors (Lipinski definition) is 0. The number of fused-ring (bicyclic) bond motifs is 1. The molecule has 0 aromatic heterocycles. The van der Waals surface area contributed by atoms with Gasteiger partial charge in [-0.05, 0) is 0 Å². The first-order valence-electron chi connectivity index (χ1n) is 3.86. The molecule has 2 nitrogen and oxygen atoms in total. The quantitative estimate of drug-likeness (QED) is 0.676. The number of allylic oxidation sites excluding steroid dienone is 2. The van der Waals surface area contributed by atoms with Crippen molar-refractivity contribution in [2.75, 3.05) is 0 Å². The first-order chi connectivity index (χ1) is 6.63. The Bertz CT molecular complexity index is 437. The molecule has 1 aromatic carbocycles. The average molecular weight is 267 g/mol. The van der Waals surface area contributed by atoms with Crippen LogP contribution in [0.15, 0.2) is 34.3 Å².